The van der Waals surface area contributed by atoms with E-state index in [2.05, 4.69) is 10.3 Å². The lowest BCUT2D eigenvalue weighted by Gasteiger charge is -2.24. The van der Waals surface area contributed by atoms with Crippen LogP contribution >= 0.6 is 0 Å². The Bertz CT molecular complexity index is 1650. The highest BCUT2D eigenvalue weighted by atomic mass is 16.6. The number of amides is 3. The van der Waals surface area contributed by atoms with Crippen LogP contribution in [0.1, 0.15) is 24.3 Å². The number of hydrogen-bond donors (Lipinski definition) is 1. The molecule has 0 radical (unpaired) electrons. The highest BCUT2D eigenvalue weighted by Gasteiger charge is 2.39. The summed E-state index contributed by atoms with van der Waals surface area (Å²) in [4.78, 5) is 57.4. The van der Waals surface area contributed by atoms with Gasteiger partial charge in [-0.15, -0.1) is 0 Å². The van der Waals surface area contributed by atoms with Crippen molar-refractivity contribution in [3.05, 3.63) is 109 Å². The van der Waals surface area contributed by atoms with Crippen molar-refractivity contribution in [2.45, 2.75) is 24.8 Å². The average molecular weight is 549 g/mol. The molecule has 204 valence electrons. The van der Waals surface area contributed by atoms with Crippen LogP contribution in [-0.4, -0.2) is 45.3 Å². The molecule has 4 aromatic rings. The fourth-order valence-corrected chi connectivity index (χ4v) is 4.44. The number of ether oxygens (including phenoxy) is 2. The Balaban J connectivity index is 1.28. The van der Waals surface area contributed by atoms with Gasteiger partial charge >= 0.3 is 18.2 Å². The molecule has 1 atom stereocenters. The Morgan fingerprint density at radius 1 is 0.854 bits per heavy atom. The molecular formula is C31H24N4O6. The normalized spacial score (nSPS) is 16.1. The monoisotopic (exact) mass is 548 g/mol. The van der Waals surface area contributed by atoms with E-state index in [0.717, 1.165) is 18.2 Å². The Morgan fingerprint density at radius 3 is 2.10 bits per heavy atom. The number of ketones is 1. The van der Waals surface area contributed by atoms with Crippen molar-refractivity contribution in [3.63, 3.8) is 0 Å². The predicted molar refractivity (Wildman–Crippen MR) is 150 cm³/mol. The smallest absolute Gasteiger partial charge is 0.410 e. The van der Waals surface area contributed by atoms with E-state index in [1.807, 2.05) is 0 Å². The fourth-order valence-electron chi connectivity index (χ4n) is 4.44. The lowest BCUT2D eigenvalue weighted by atomic mass is 9.91. The molecule has 1 unspecified atom stereocenters. The number of amidine groups is 1. The lowest BCUT2D eigenvalue weighted by molar-refractivity contribution is -0.114. The Kier molecular flexibility index (Phi) is 6.87. The second-order valence-corrected chi connectivity index (χ2v) is 9.56. The minimum absolute atomic E-state index is 0.173. The number of nitrogens with zero attached hydrogens (tertiary/aromatic N) is 3. The van der Waals surface area contributed by atoms with Crippen LogP contribution in [0.5, 0.6) is 11.5 Å². The summed E-state index contributed by atoms with van der Waals surface area (Å²) in [6, 6.07) is 23.4. The SMILES string of the molecule is O=C1C(N(C(=O)Oc2ccccc2)C(=O)Oc2ccccc2)=NC=CC1c1ccc2c(ccn2C(=O)NC2CC2)c1. The molecule has 2 heterocycles. The number of benzene rings is 3. The number of rotatable bonds is 4. The molecule has 1 saturated carbocycles. The van der Waals surface area contributed by atoms with Crippen molar-refractivity contribution in [1.29, 1.82) is 0 Å². The summed E-state index contributed by atoms with van der Waals surface area (Å²) in [5.74, 6) is -1.56. The third kappa shape index (κ3) is 5.48. The van der Waals surface area contributed by atoms with Gasteiger partial charge in [-0.3, -0.25) is 9.36 Å². The van der Waals surface area contributed by atoms with Gasteiger partial charge in [0.1, 0.15) is 11.5 Å². The maximum atomic E-state index is 13.8. The zero-order chi connectivity index (χ0) is 28.3. The number of fused-ring (bicyclic) bond motifs is 1. The van der Waals surface area contributed by atoms with E-state index in [9.17, 15) is 19.2 Å². The number of Topliss-reactive ketones (excluding diaryl/α,β-unsaturated/α-hetero) is 1. The molecule has 2 aliphatic rings. The van der Waals surface area contributed by atoms with Crippen LogP contribution in [0.3, 0.4) is 0 Å². The molecule has 10 nitrogen and oxygen atoms in total. The first-order valence-corrected chi connectivity index (χ1v) is 13.0. The van der Waals surface area contributed by atoms with Gasteiger partial charge in [0.2, 0.25) is 5.78 Å². The summed E-state index contributed by atoms with van der Waals surface area (Å²) in [5, 5.41) is 3.71. The minimum atomic E-state index is -1.15. The third-order valence-corrected chi connectivity index (χ3v) is 6.65. The molecule has 1 aromatic heterocycles. The van der Waals surface area contributed by atoms with E-state index in [1.54, 1.807) is 72.9 Å². The zero-order valence-corrected chi connectivity index (χ0v) is 21.7. The van der Waals surface area contributed by atoms with E-state index in [1.165, 1.54) is 35.0 Å². The largest absolute Gasteiger partial charge is 0.430 e. The van der Waals surface area contributed by atoms with Crippen LogP contribution in [0.4, 0.5) is 14.4 Å². The van der Waals surface area contributed by atoms with Crippen LogP contribution in [0.15, 0.2) is 108 Å². The summed E-state index contributed by atoms with van der Waals surface area (Å²) < 4.78 is 12.3. The molecule has 41 heavy (non-hydrogen) atoms. The number of aromatic nitrogens is 1. The van der Waals surface area contributed by atoms with Gasteiger partial charge in [0, 0.05) is 23.8 Å². The molecule has 6 rings (SSSR count). The zero-order valence-electron chi connectivity index (χ0n) is 21.7. The molecule has 0 bridgehead atoms. The van der Waals surface area contributed by atoms with E-state index < -0.39 is 29.7 Å². The number of aliphatic imine (C=N–C) groups is 1. The first-order chi connectivity index (χ1) is 20.0. The van der Waals surface area contributed by atoms with Gasteiger partial charge in [-0.1, -0.05) is 48.5 Å². The highest BCUT2D eigenvalue weighted by molar-refractivity contribution is 6.46. The Hall–Kier alpha value is -5.51. The summed E-state index contributed by atoms with van der Waals surface area (Å²) in [6.07, 6.45) is 4.28. The summed E-state index contributed by atoms with van der Waals surface area (Å²) in [7, 11) is 0. The van der Waals surface area contributed by atoms with E-state index in [-0.39, 0.29) is 23.6 Å². The van der Waals surface area contributed by atoms with Crippen molar-refractivity contribution < 1.29 is 28.7 Å². The molecule has 1 aliphatic carbocycles. The first-order valence-electron chi connectivity index (χ1n) is 13.0. The van der Waals surface area contributed by atoms with Crippen molar-refractivity contribution in [2.24, 2.45) is 4.99 Å². The number of imide groups is 1. The fraction of sp³-hybridized carbons (Fsp3) is 0.129. The quantitative estimate of drug-likeness (QED) is 0.353. The number of para-hydroxylation sites is 2. The molecule has 1 N–H and O–H groups in total. The number of carbonyl (C=O) groups excluding carboxylic acids is 4. The number of allylic oxidation sites excluding steroid dienone is 1. The van der Waals surface area contributed by atoms with Crippen LogP contribution in [-0.2, 0) is 4.79 Å². The first kappa shape index (κ1) is 25.8. The number of hydrogen-bond acceptors (Lipinski definition) is 7. The molecular weight excluding hydrogens is 524 g/mol. The van der Waals surface area contributed by atoms with Gasteiger partial charge in [-0.05, 0) is 60.9 Å². The molecule has 0 spiro atoms. The summed E-state index contributed by atoms with van der Waals surface area (Å²) in [6.45, 7) is 0. The number of nitrogens with one attached hydrogen (secondary N) is 1. The van der Waals surface area contributed by atoms with Crippen LogP contribution in [0.25, 0.3) is 10.9 Å². The van der Waals surface area contributed by atoms with Gasteiger partial charge < -0.3 is 14.8 Å². The topological polar surface area (TPSA) is 119 Å². The Labute approximate surface area is 234 Å². The minimum Gasteiger partial charge on any atom is -0.410 e. The lowest BCUT2D eigenvalue weighted by Crippen LogP contribution is -2.49. The van der Waals surface area contributed by atoms with Gasteiger partial charge in [-0.25, -0.2) is 19.4 Å². The second-order valence-electron chi connectivity index (χ2n) is 9.56. The molecule has 1 fully saturated rings. The highest BCUT2D eigenvalue weighted by Crippen LogP contribution is 2.28. The molecule has 10 heteroatoms. The standard InChI is InChI=1S/C31H24N4O6/c36-27-25(20-11-14-26-21(19-20)16-18-34(26)29(37)33-22-12-13-22)15-17-32-28(27)35(30(38)40-23-7-3-1-4-8-23)31(39)41-24-9-5-2-6-10-24/h1-11,14-19,22,25H,12-13H2,(H,33,37). The molecule has 3 amide bonds. The van der Waals surface area contributed by atoms with E-state index >= 15 is 0 Å². The average Bonchev–Trinajstić information content (AvgIpc) is 3.69. The maximum Gasteiger partial charge on any atom is 0.430 e. The third-order valence-electron chi connectivity index (χ3n) is 6.65. The molecule has 3 aromatic carbocycles. The van der Waals surface area contributed by atoms with Crippen molar-refractivity contribution in [3.8, 4) is 11.5 Å². The predicted octanol–water partition coefficient (Wildman–Crippen LogP) is 5.64. The van der Waals surface area contributed by atoms with Crippen LogP contribution < -0.4 is 14.8 Å². The van der Waals surface area contributed by atoms with Gasteiger partial charge in [0.25, 0.3) is 0 Å². The summed E-state index contributed by atoms with van der Waals surface area (Å²) in [5.41, 5.74) is 1.28. The van der Waals surface area contributed by atoms with Crippen molar-refractivity contribution in [2.75, 3.05) is 0 Å². The maximum absolute atomic E-state index is 13.8. The van der Waals surface area contributed by atoms with E-state index in [0.29, 0.717) is 16.0 Å². The summed E-state index contributed by atoms with van der Waals surface area (Å²) >= 11 is 0. The Morgan fingerprint density at radius 2 is 1.49 bits per heavy atom. The van der Waals surface area contributed by atoms with Gasteiger partial charge in [0.15, 0.2) is 5.84 Å². The van der Waals surface area contributed by atoms with Crippen molar-refractivity contribution >= 4 is 40.7 Å². The van der Waals surface area contributed by atoms with E-state index in [4.69, 9.17) is 9.47 Å². The van der Waals surface area contributed by atoms with Crippen LogP contribution in [0, 0.1) is 0 Å². The van der Waals surface area contributed by atoms with Crippen LogP contribution in [0.2, 0.25) is 0 Å². The molecule has 0 saturated heterocycles. The van der Waals surface area contributed by atoms with Gasteiger partial charge in [-0.2, -0.15) is 4.90 Å². The number of carbonyl (C=O) groups is 4. The second kappa shape index (κ2) is 10.9. The molecule has 1 aliphatic heterocycles. The van der Waals surface area contributed by atoms with Crippen molar-refractivity contribution in [1.82, 2.24) is 14.8 Å². The van der Waals surface area contributed by atoms with Gasteiger partial charge in [0.05, 0.1) is 11.4 Å².